The molecular formula is C10H18NO. The Morgan fingerprint density at radius 1 is 1.25 bits per heavy atom. The smallest absolute Gasteiger partial charge is 0.0735 e. The maximum atomic E-state index is 5.93. The molecule has 2 aliphatic rings. The highest BCUT2D eigenvalue weighted by atomic mass is 16.5. The van der Waals surface area contributed by atoms with Gasteiger partial charge in [0, 0.05) is 6.54 Å². The van der Waals surface area contributed by atoms with E-state index in [4.69, 9.17) is 4.74 Å². The highest BCUT2D eigenvalue weighted by Crippen LogP contribution is 2.23. The summed E-state index contributed by atoms with van der Waals surface area (Å²) in [6, 6.07) is 0. The Kier molecular flexibility index (Phi) is 3.01. The molecule has 0 spiro atoms. The van der Waals surface area contributed by atoms with Crippen molar-refractivity contribution in [3.05, 3.63) is 6.42 Å². The monoisotopic (exact) mass is 168 g/mol. The third-order valence-electron chi connectivity index (χ3n) is 2.77. The summed E-state index contributed by atoms with van der Waals surface area (Å²) in [7, 11) is 0. The Bertz CT molecular complexity index is 126. The zero-order chi connectivity index (χ0) is 8.23. The van der Waals surface area contributed by atoms with E-state index >= 15 is 0 Å². The molecule has 1 heterocycles. The Hall–Kier alpha value is -0.0800. The summed E-state index contributed by atoms with van der Waals surface area (Å²) in [6.45, 7) is 2.15. The van der Waals surface area contributed by atoms with Crippen LogP contribution in [0.3, 0.4) is 0 Å². The van der Waals surface area contributed by atoms with E-state index in [1.165, 1.54) is 25.7 Å². The Morgan fingerprint density at radius 3 is 2.75 bits per heavy atom. The fourth-order valence-electron chi connectivity index (χ4n) is 2.07. The van der Waals surface area contributed by atoms with E-state index in [1.807, 2.05) is 0 Å². The normalized spacial score (nSPS) is 32.5. The number of hydrogen-bond donors (Lipinski definition) is 1. The van der Waals surface area contributed by atoms with Crippen LogP contribution < -0.4 is 5.32 Å². The predicted octanol–water partition coefficient (Wildman–Crippen LogP) is 1.51. The molecule has 0 aromatic rings. The van der Waals surface area contributed by atoms with Crippen LogP contribution in [0.1, 0.15) is 32.1 Å². The van der Waals surface area contributed by atoms with Gasteiger partial charge in [0.1, 0.15) is 0 Å². The lowest BCUT2D eigenvalue weighted by Crippen LogP contribution is -2.37. The lowest BCUT2D eigenvalue weighted by molar-refractivity contribution is 0.00385. The standard InChI is InChI=1S/C10H18NO/c1-2-5-9(4-1)12-10-6-3-7-11-8-10/h6,9-11H,1-5,7-8H2. The van der Waals surface area contributed by atoms with Gasteiger partial charge in [-0.05, 0) is 32.2 Å². The first-order valence-corrected chi connectivity index (χ1v) is 5.14. The highest BCUT2D eigenvalue weighted by Gasteiger charge is 2.21. The van der Waals surface area contributed by atoms with Crippen molar-refractivity contribution in [3.8, 4) is 0 Å². The van der Waals surface area contributed by atoms with Gasteiger partial charge >= 0.3 is 0 Å². The SMILES string of the molecule is [CH]1CCNCC1OC1CCCC1. The van der Waals surface area contributed by atoms with Crippen molar-refractivity contribution in [3.63, 3.8) is 0 Å². The molecule has 2 rings (SSSR count). The van der Waals surface area contributed by atoms with Gasteiger partial charge in [-0.25, -0.2) is 0 Å². The van der Waals surface area contributed by atoms with E-state index < -0.39 is 0 Å². The number of ether oxygens (including phenoxy) is 1. The molecule has 0 aromatic carbocycles. The number of nitrogens with one attached hydrogen (secondary N) is 1. The van der Waals surface area contributed by atoms with E-state index in [-0.39, 0.29) is 0 Å². The summed E-state index contributed by atoms with van der Waals surface area (Å²) >= 11 is 0. The van der Waals surface area contributed by atoms with Gasteiger partial charge in [0.05, 0.1) is 12.2 Å². The van der Waals surface area contributed by atoms with Crippen LogP contribution in [0.15, 0.2) is 0 Å². The molecule has 1 aliphatic carbocycles. The lowest BCUT2D eigenvalue weighted by Gasteiger charge is -2.25. The van der Waals surface area contributed by atoms with E-state index in [9.17, 15) is 0 Å². The molecule has 0 amide bonds. The zero-order valence-electron chi connectivity index (χ0n) is 7.59. The fourth-order valence-corrected chi connectivity index (χ4v) is 2.07. The number of hydrogen-bond acceptors (Lipinski definition) is 2. The second-order valence-electron chi connectivity index (χ2n) is 3.81. The second kappa shape index (κ2) is 4.24. The van der Waals surface area contributed by atoms with Crippen molar-refractivity contribution in [1.29, 1.82) is 0 Å². The van der Waals surface area contributed by atoms with Crippen molar-refractivity contribution in [1.82, 2.24) is 5.32 Å². The first-order chi connectivity index (χ1) is 5.95. The topological polar surface area (TPSA) is 21.3 Å². The van der Waals surface area contributed by atoms with Gasteiger partial charge in [-0.2, -0.15) is 0 Å². The van der Waals surface area contributed by atoms with Gasteiger partial charge in [0.2, 0.25) is 0 Å². The van der Waals surface area contributed by atoms with Crippen molar-refractivity contribution >= 4 is 0 Å². The van der Waals surface area contributed by atoms with Gasteiger partial charge in [0.15, 0.2) is 0 Å². The molecular weight excluding hydrogens is 150 g/mol. The first-order valence-electron chi connectivity index (χ1n) is 5.14. The van der Waals surface area contributed by atoms with E-state index in [0.29, 0.717) is 12.2 Å². The van der Waals surface area contributed by atoms with Crippen molar-refractivity contribution in [2.24, 2.45) is 0 Å². The Labute approximate surface area is 74.7 Å². The molecule has 2 heteroatoms. The van der Waals surface area contributed by atoms with Crippen molar-refractivity contribution in [2.75, 3.05) is 13.1 Å². The van der Waals surface area contributed by atoms with E-state index in [0.717, 1.165) is 19.5 Å². The molecule has 2 nitrogen and oxygen atoms in total. The van der Waals surface area contributed by atoms with E-state index in [2.05, 4.69) is 11.7 Å². The summed E-state index contributed by atoms with van der Waals surface area (Å²) in [4.78, 5) is 0. The third kappa shape index (κ3) is 2.20. The number of piperidine rings is 1. The molecule has 12 heavy (non-hydrogen) atoms. The summed E-state index contributed by atoms with van der Waals surface area (Å²) < 4.78 is 5.93. The van der Waals surface area contributed by atoms with Crippen LogP contribution >= 0.6 is 0 Å². The molecule has 2 fully saturated rings. The minimum atomic E-state index is 0.391. The van der Waals surface area contributed by atoms with Gasteiger partial charge in [-0.3, -0.25) is 0 Å². The quantitative estimate of drug-likeness (QED) is 0.675. The maximum absolute atomic E-state index is 5.93. The molecule has 0 bridgehead atoms. The molecule has 1 atom stereocenters. The van der Waals surface area contributed by atoms with Crippen LogP contribution in [0.4, 0.5) is 0 Å². The number of rotatable bonds is 2. The highest BCUT2D eigenvalue weighted by molar-refractivity contribution is 4.86. The van der Waals surface area contributed by atoms with E-state index in [1.54, 1.807) is 0 Å². The Morgan fingerprint density at radius 2 is 2.08 bits per heavy atom. The van der Waals surface area contributed by atoms with Crippen LogP contribution in [0.25, 0.3) is 0 Å². The van der Waals surface area contributed by atoms with Crippen LogP contribution in [-0.4, -0.2) is 25.3 Å². The summed E-state index contributed by atoms with van der Waals surface area (Å²) in [5.41, 5.74) is 0. The van der Waals surface area contributed by atoms with Crippen LogP contribution in [0.5, 0.6) is 0 Å². The summed E-state index contributed by atoms with van der Waals surface area (Å²) in [5.74, 6) is 0. The van der Waals surface area contributed by atoms with Crippen molar-refractivity contribution < 1.29 is 4.74 Å². The largest absolute Gasteiger partial charge is 0.373 e. The molecule has 1 saturated carbocycles. The van der Waals surface area contributed by atoms with Crippen LogP contribution in [0, 0.1) is 6.42 Å². The molecule has 1 N–H and O–H groups in total. The first kappa shape index (κ1) is 8.52. The molecule has 1 aliphatic heterocycles. The fraction of sp³-hybridized carbons (Fsp3) is 0.900. The average Bonchev–Trinajstić information content (AvgIpc) is 2.59. The third-order valence-corrected chi connectivity index (χ3v) is 2.77. The maximum Gasteiger partial charge on any atom is 0.0735 e. The zero-order valence-corrected chi connectivity index (χ0v) is 7.59. The summed E-state index contributed by atoms with van der Waals surface area (Å²) in [6.07, 6.45) is 9.73. The summed E-state index contributed by atoms with van der Waals surface area (Å²) in [5, 5.41) is 3.35. The van der Waals surface area contributed by atoms with Gasteiger partial charge in [-0.15, -0.1) is 0 Å². The minimum Gasteiger partial charge on any atom is -0.373 e. The minimum absolute atomic E-state index is 0.391. The van der Waals surface area contributed by atoms with Gasteiger partial charge in [-0.1, -0.05) is 12.8 Å². The average molecular weight is 168 g/mol. The lowest BCUT2D eigenvalue weighted by atomic mass is 10.1. The van der Waals surface area contributed by atoms with Crippen LogP contribution in [0.2, 0.25) is 0 Å². The van der Waals surface area contributed by atoms with Gasteiger partial charge < -0.3 is 10.1 Å². The molecule has 1 unspecified atom stereocenters. The predicted molar refractivity (Wildman–Crippen MR) is 48.9 cm³/mol. The van der Waals surface area contributed by atoms with Crippen molar-refractivity contribution in [2.45, 2.75) is 44.3 Å². The Balaban J connectivity index is 1.69. The van der Waals surface area contributed by atoms with Gasteiger partial charge in [0.25, 0.3) is 0 Å². The second-order valence-corrected chi connectivity index (χ2v) is 3.81. The van der Waals surface area contributed by atoms with Crippen LogP contribution in [-0.2, 0) is 4.74 Å². The molecule has 69 valence electrons. The molecule has 1 saturated heterocycles. The molecule has 0 aromatic heterocycles. The molecule has 1 radical (unpaired) electrons.